The largest absolute Gasteiger partial charge is 2.00 e. The molecule has 0 aliphatic carbocycles. The summed E-state index contributed by atoms with van der Waals surface area (Å²) in [5, 5.41) is 2.02. The molecule has 0 spiro atoms. The second-order valence-corrected chi connectivity index (χ2v) is 3.09. The van der Waals surface area contributed by atoms with Crippen LogP contribution in [0.5, 0.6) is 0 Å². The Balaban J connectivity index is 0.000000720. The quantitative estimate of drug-likeness (QED) is 0.692. The maximum atomic E-state index is 3.15. The summed E-state index contributed by atoms with van der Waals surface area (Å²) in [5.74, 6) is 0. The molecule has 0 atom stereocenters. The van der Waals surface area contributed by atoms with Gasteiger partial charge in [0.25, 0.3) is 0 Å². The van der Waals surface area contributed by atoms with Crippen molar-refractivity contribution in [2.45, 2.75) is 0 Å². The summed E-state index contributed by atoms with van der Waals surface area (Å²) in [6, 6.07) is 16.2. The summed E-state index contributed by atoms with van der Waals surface area (Å²) in [5.41, 5.74) is 1.13. The van der Waals surface area contributed by atoms with E-state index in [1.807, 2.05) is 35.7 Å². The molecule has 2 heteroatoms. The smallest absolute Gasteiger partial charge is 0.290 e. The van der Waals surface area contributed by atoms with Crippen molar-refractivity contribution in [1.29, 1.82) is 0 Å². The van der Waals surface area contributed by atoms with Crippen LogP contribution < -0.4 is 0 Å². The van der Waals surface area contributed by atoms with E-state index in [4.69, 9.17) is 0 Å². The van der Waals surface area contributed by atoms with Crippen molar-refractivity contribution < 1.29 is 21.1 Å². The standard InChI is InChI=1S/C10H6S.Pt/c1-2-5-9(6-3-1)10-7-4-8-11-10;/h1-5,8H;/q-2;+2. The van der Waals surface area contributed by atoms with Gasteiger partial charge in [0, 0.05) is 0 Å². The van der Waals surface area contributed by atoms with Gasteiger partial charge in [0.1, 0.15) is 0 Å². The predicted molar refractivity (Wildman–Crippen MR) is 47.4 cm³/mol. The Kier molecular flexibility index (Phi) is 3.71. The van der Waals surface area contributed by atoms with Crippen LogP contribution in [0.1, 0.15) is 0 Å². The van der Waals surface area contributed by atoms with E-state index in [0.29, 0.717) is 0 Å². The normalized spacial score (nSPS) is 9.00. The van der Waals surface area contributed by atoms with Gasteiger partial charge in [0.05, 0.1) is 0 Å². The minimum atomic E-state index is 0. The van der Waals surface area contributed by atoms with Gasteiger partial charge in [-0.15, -0.1) is 11.4 Å². The third-order valence-corrected chi connectivity index (χ3v) is 2.27. The van der Waals surface area contributed by atoms with Crippen molar-refractivity contribution in [2.75, 3.05) is 0 Å². The zero-order valence-corrected chi connectivity index (χ0v) is 9.28. The number of thiophene rings is 1. The van der Waals surface area contributed by atoms with E-state index in [1.54, 1.807) is 11.3 Å². The van der Waals surface area contributed by atoms with Gasteiger partial charge >= 0.3 is 21.1 Å². The first-order valence-corrected chi connectivity index (χ1v) is 4.27. The summed E-state index contributed by atoms with van der Waals surface area (Å²) in [7, 11) is 0. The van der Waals surface area contributed by atoms with E-state index in [9.17, 15) is 0 Å². The van der Waals surface area contributed by atoms with Gasteiger partial charge in [-0.2, -0.15) is 29.1 Å². The minimum absolute atomic E-state index is 0. The molecule has 12 heavy (non-hydrogen) atoms. The molecule has 2 aromatic rings. The zero-order chi connectivity index (χ0) is 7.52. The predicted octanol–water partition coefficient (Wildman–Crippen LogP) is 3.01. The molecule has 0 saturated heterocycles. The fourth-order valence-electron chi connectivity index (χ4n) is 0.922. The van der Waals surface area contributed by atoms with Crippen molar-refractivity contribution in [3.05, 3.63) is 47.8 Å². The Hall–Kier alpha value is -0.392. The molecule has 0 aliphatic rings. The molecular weight excluding hydrogens is 347 g/mol. The minimum Gasteiger partial charge on any atom is -0.290 e. The molecule has 0 N–H and O–H groups in total. The number of rotatable bonds is 1. The first kappa shape index (κ1) is 9.69. The van der Waals surface area contributed by atoms with E-state index in [1.165, 1.54) is 0 Å². The van der Waals surface area contributed by atoms with Crippen LogP contribution in [0, 0.1) is 12.1 Å². The van der Waals surface area contributed by atoms with Crippen LogP contribution in [0.4, 0.5) is 0 Å². The zero-order valence-electron chi connectivity index (χ0n) is 6.19. The monoisotopic (exact) mass is 353 g/mol. The van der Waals surface area contributed by atoms with Gasteiger partial charge < -0.3 is 0 Å². The Morgan fingerprint density at radius 1 is 1.08 bits per heavy atom. The number of hydrogen-bond donors (Lipinski definition) is 0. The first-order chi connectivity index (χ1) is 5.47. The average Bonchev–Trinajstić information content (AvgIpc) is 2.58. The molecule has 1 aromatic carbocycles. The fourth-order valence-corrected chi connectivity index (χ4v) is 1.58. The first-order valence-electron chi connectivity index (χ1n) is 3.39. The summed E-state index contributed by atoms with van der Waals surface area (Å²) in [6.07, 6.45) is 0. The Labute approximate surface area is 90.5 Å². The molecular formula is C10H6PtS. The van der Waals surface area contributed by atoms with Crippen LogP contribution in [-0.2, 0) is 21.1 Å². The summed E-state index contributed by atoms with van der Waals surface area (Å²) in [6.45, 7) is 0. The van der Waals surface area contributed by atoms with Crippen molar-refractivity contribution in [3.63, 3.8) is 0 Å². The molecule has 1 aromatic heterocycles. The van der Waals surface area contributed by atoms with E-state index < -0.39 is 0 Å². The molecule has 0 bridgehead atoms. The molecule has 2 rings (SSSR count). The molecule has 62 valence electrons. The Morgan fingerprint density at radius 2 is 2.00 bits per heavy atom. The maximum Gasteiger partial charge on any atom is 2.00 e. The van der Waals surface area contributed by atoms with Crippen LogP contribution in [0.15, 0.2) is 35.7 Å². The van der Waals surface area contributed by atoms with Crippen LogP contribution in [0.3, 0.4) is 0 Å². The van der Waals surface area contributed by atoms with Gasteiger partial charge in [-0.1, -0.05) is 0 Å². The van der Waals surface area contributed by atoms with Crippen LogP contribution in [0.25, 0.3) is 10.4 Å². The van der Waals surface area contributed by atoms with Gasteiger partial charge in [-0.3, -0.25) is 11.3 Å². The SMILES string of the molecule is [Pt+2].[c-]1ccccc1-c1[c-]ccs1. The number of benzene rings is 1. The maximum absolute atomic E-state index is 3.15. The molecule has 0 saturated carbocycles. The van der Waals surface area contributed by atoms with Gasteiger partial charge in [0.15, 0.2) is 0 Å². The summed E-state index contributed by atoms with van der Waals surface area (Å²) < 4.78 is 0. The molecule has 0 radical (unpaired) electrons. The molecule has 0 nitrogen and oxygen atoms in total. The third-order valence-electron chi connectivity index (χ3n) is 1.42. The summed E-state index contributed by atoms with van der Waals surface area (Å²) in [4.78, 5) is 1.16. The second-order valence-electron chi connectivity index (χ2n) is 2.17. The fraction of sp³-hybridized carbons (Fsp3) is 0. The van der Waals surface area contributed by atoms with E-state index >= 15 is 0 Å². The number of hydrogen-bond acceptors (Lipinski definition) is 1. The van der Waals surface area contributed by atoms with Gasteiger partial charge in [-0.25, -0.2) is 17.7 Å². The molecule has 0 fully saturated rings. The van der Waals surface area contributed by atoms with Crippen molar-refractivity contribution >= 4 is 11.3 Å². The Bertz CT molecular complexity index is 313. The van der Waals surface area contributed by atoms with Crippen LogP contribution in [0.2, 0.25) is 0 Å². The molecule has 0 unspecified atom stereocenters. The van der Waals surface area contributed by atoms with Crippen molar-refractivity contribution in [1.82, 2.24) is 0 Å². The van der Waals surface area contributed by atoms with E-state index in [0.717, 1.165) is 10.4 Å². The van der Waals surface area contributed by atoms with Gasteiger partial charge in [-0.05, 0) is 0 Å². The third kappa shape index (κ3) is 2.06. The summed E-state index contributed by atoms with van der Waals surface area (Å²) >= 11 is 1.69. The van der Waals surface area contributed by atoms with Crippen molar-refractivity contribution in [3.8, 4) is 10.4 Å². The van der Waals surface area contributed by atoms with E-state index in [2.05, 4.69) is 12.1 Å². The topological polar surface area (TPSA) is 0 Å². The molecule has 0 amide bonds. The molecule has 0 aliphatic heterocycles. The molecule has 1 heterocycles. The van der Waals surface area contributed by atoms with Gasteiger partial charge in [0.2, 0.25) is 0 Å². The van der Waals surface area contributed by atoms with Crippen LogP contribution >= 0.6 is 11.3 Å². The van der Waals surface area contributed by atoms with Crippen LogP contribution in [-0.4, -0.2) is 0 Å². The Morgan fingerprint density at radius 3 is 2.58 bits per heavy atom. The second kappa shape index (κ2) is 4.59. The van der Waals surface area contributed by atoms with Crippen molar-refractivity contribution in [2.24, 2.45) is 0 Å². The van der Waals surface area contributed by atoms with E-state index in [-0.39, 0.29) is 21.1 Å². The average molecular weight is 353 g/mol.